The molecule has 22 heavy (non-hydrogen) atoms. The Labute approximate surface area is 121 Å². The van der Waals surface area contributed by atoms with Crippen molar-refractivity contribution >= 4 is 12.6 Å². The average Bonchev–Trinajstić information content (AvgIpc) is 2.53. The molecule has 0 amide bonds. The van der Waals surface area contributed by atoms with Gasteiger partial charge in [-0.25, -0.2) is 22.0 Å². The third kappa shape index (κ3) is 3.10. The van der Waals surface area contributed by atoms with Gasteiger partial charge in [-0.05, 0) is 0 Å². The SMILES string of the molecule is ON=CN1CCN(N=Cc2c(F)c(F)c(F)c(F)c2F)CC1. The fraction of sp³-hybridized carbons (Fsp3) is 0.333. The number of hydrogen-bond acceptors (Lipinski definition) is 4. The second-order valence-electron chi connectivity index (χ2n) is 4.45. The lowest BCUT2D eigenvalue weighted by atomic mass is 10.2. The first-order valence-electron chi connectivity index (χ1n) is 6.17. The molecule has 0 aromatic heterocycles. The van der Waals surface area contributed by atoms with E-state index in [1.54, 1.807) is 4.90 Å². The lowest BCUT2D eigenvalue weighted by molar-refractivity contribution is 0.188. The van der Waals surface area contributed by atoms with Crippen LogP contribution in [0, 0.1) is 29.1 Å². The molecule has 1 aromatic rings. The summed E-state index contributed by atoms with van der Waals surface area (Å²) in [4.78, 5) is 1.67. The van der Waals surface area contributed by atoms with Gasteiger partial charge in [0.15, 0.2) is 23.3 Å². The van der Waals surface area contributed by atoms with E-state index < -0.39 is 34.6 Å². The number of benzene rings is 1. The molecule has 1 heterocycles. The summed E-state index contributed by atoms with van der Waals surface area (Å²) in [6, 6.07) is 0. The number of piperazine rings is 1. The minimum absolute atomic E-state index is 0.331. The second kappa shape index (κ2) is 6.58. The van der Waals surface area contributed by atoms with E-state index in [2.05, 4.69) is 10.3 Å². The van der Waals surface area contributed by atoms with E-state index in [1.807, 2.05) is 0 Å². The molecule has 0 unspecified atom stereocenters. The number of halogens is 5. The van der Waals surface area contributed by atoms with Crippen LogP contribution in [0.2, 0.25) is 0 Å². The fourth-order valence-corrected chi connectivity index (χ4v) is 1.89. The van der Waals surface area contributed by atoms with Crippen molar-refractivity contribution in [2.45, 2.75) is 0 Å². The molecule has 10 heteroatoms. The summed E-state index contributed by atoms with van der Waals surface area (Å²) in [5.41, 5.74) is -1.09. The molecule has 0 bridgehead atoms. The number of hydrogen-bond donors (Lipinski definition) is 1. The summed E-state index contributed by atoms with van der Waals surface area (Å²) in [6.45, 7) is 1.52. The standard InChI is InChI=1S/C12H11F5N4O/c13-8-7(9(14)11(16)12(17)10(8)15)5-18-21-3-1-20(2-4-21)6-19-22/h5-6,22H,1-4H2. The van der Waals surface area contributed by atoms with Gasteiger partial charge in [0.2, 0.25) is 5.82 Å². The summed E-state index contributed by atoms with van der Waals surface area (Å²) < 4.78 is 65.8. The van der Waals surface area contributed by atoms with Gasteiger partial charge in [-0.3, -0.25) is 5.01 Å². The normalized spacial score (nSPS) is 16.2. The lowest BCUT2D eigenvalue weighted by Crippen LogP contribution is -2.43. The molecule has 0 spiro atoms. The van der Waals surface area contributed by atoms with Crippen molar-refractivity contribution in [3.63, 3.8) is 0 Å². The Morgan fingerprint density at radius 1 is 0.818 bits per heavy atom. The smallest absolute Gasteiger partial charge is 0.200 e. The minimum Gasteiger partial charge on any atom is -0.410 e. The van der Waals surface area contributed by atoms with Crippen LogP contribution in [0.5, 0.6) is 0 Å². The van der Waals surface area contributed by atoms with Crippen molar-refractivity contribution in [1.82, 2.24) is 9.91 Å². The van der Waals surface area contributed by atoms with E-state index in [0.29, 0.717) is 32.4 Å². The average molecular weight is 322 g/mol. The van der Waals surface area contributed by atoms with Gasteiger partial charge in [0.25, 0.3) is 0 Å². The molecule has 1 fully saturated rings. The van der Waals surface area contributed by atoms with Crippen molar-refractivity contribution in [1.29, 1.82) is 0 Å². The highest BCUT2D eigenvalue weighted by Gasteiger charge is 2.25. The molecule has 1 N–H and O–H groups in total. The maximum absolute atomic E-state index is 13.4. The predicted molar refractivity (Wildman–Crippen MR) is 67.3 cm³/mol. The maximum atomic E-state index is 13.4. The molecule has 5 nitrogen and oxygen atoms in total. The van der Waals surface area contributed by atoms with Crippen LogP contribution in [-0.4, -0.2) is 53.8 Å². The van der Waals surface area contributed by atoms with E-state index in [1.165, 1.54) is 11.3 Å². The topological polar surface area (TPSA) is 51.4 Å². The minimum atomic E-state index is -2.20. The number of hydrazone groups is 1. The molecular formula is C12H11F5N4O. The van der Waals surface area contributed by atoms with Crippen molar-refractivity contribution in [3.05, 3.63) is 34.6 Å². The van der Waals surface area contributed by atoms with Gasteiger partial charge in [-0.2, -0.15) is 5.10 Å². The molecule has 2 rings (SSSR count). The summed E-state index contributed by atoms with van der Waals surface area (Å²) in [6.07, 6.45) is 1.82. The Kier molecular flexibility index (Phi) is 4.78. The zero-order chi connectivity index (χ0) is 16.3. The van der Waals surface area contributed by atoms with Crippen LogP contribution in [0.25, 0.3) is 0 Å². The zero-order valence-corrected chi connectivity index (χ0v) is 11.1. The molecule has 0 aliphatic carbocycles. The monoisotopic (exact) mass is 322 g/mol. The second-order valence-corrected chi connectivity index (χ2v) is 4.45. The molecule has 0 saturated carbocycles. The Hall–Kier alpha value is -2.39. The largest absolute Gasteiger partial charge is 0.410 e. The molecule has 0 radical (unpaired) electrons. The summed E-state index contributed by atoms with van der Waals surface area (Å²) in [5, 5.41) is 16.3. The highest BCUT2D eigenvalue weighted by atomic mass is 19.2. The predicted octanol–water partition coefficient (Wildman–Crippen LogP) is 1.75. The highest BCUT2D eigenvalue weighted by molar-refractivity contribution is 5.80. The summed E-state index contributed by atoms with van der Waals surface area (Å²) in [7, 11) is 0. The number of rotatable bonds is 3. The van der Waals surface area contributed by atoms with E-state index in [9.17, 15) is 22.0 Å². The lowest BCUT2D eigenvalue weighted by Gasteiger charge is -2.31. The number of nitrogens with zero attached hydrogens (tertiary/aromatic N) is 4. The van der Waals surface area contributed by atoms with Gasteiger partial charge in [0.1, 0.15) is 6.34 Å². The first kappa shape index (κ1) is 16.0. The van der Waals surface area contributed by atoms with Crippen LogP contribution in [-0.2, 0) is 0 Å². The Morgan fingerprint density at radius 2 is 1.32 bits per heavy atom. The molecule has 1 aliphatic rings. The molecule has 1 aromatic carbocycles. The van der Waals surface area contributed by atoms with Gasteiger partial charge in [-0.15, -0.1) is 0 Å². The van der Waals surface area contributed by atoms with Crippen LogP contribution in [0.4, 0.5) is 22.0 Å². The zero-order valence-electron chi connectivity index (χ0n) is 11.1. The van der Waals surface area contributed by atoms with Crippen molar-refractivity contribution in [2.75, 3.05) is 26.2 Å². The van der Waals surface area contributed by atoms with Crippen molar-refractivity contribution in [3.8, 4) is 0 Å². The number of oxime groups is 1. The van der Waals surface area contributed by atoms with Gasteiger partial charge < -0.3 is 10.1 Å². The van der Waals surface area contributed by atoms with Crippen LogP contribution in [0.15, 0.2) is 10.3 Å². The highest BCUT2D eigenvalue weighted by Crippen LogP contribution is 2.21. The first-order valence-corrected chi connectivity index (χ1v) is 6.17. The van der Waals surface area contributed by atoms with E-state index in [0.717, 1.165) is 0 Å². The van der Waals surface area contributed by atoms with Crippen LogP contribution >= 0.6 is 0 Å². The maximum Gasteiger partial charge on any atom is 0.200 e. The molecule has 1 saturated heterocycles. The molecular weight excluding hydrogens is 311 g/mol. The van der Waals surface area contributed by atoms with Crippen LogP contribution in [0.3, 0.4) is 0 Å². The summed E-state index contributed by atoms with van der Waals surface area (Å²) in [5.74, 6) is -10.1. The third-order valence-corrected chi connectivity index (χ3v) is 3.10. The summed E-state index contributed by atoms with van der Waals surface area (Å²) >= 11 is 0. The van der Waals surface area contributed by atoms with Gasteiger partial charge in [0.05, 0.1) is 24.9 Å². The third-order valence-electron chi connectivity index (χ3n) is 3.10. The van der Waals surface area contributed by atoms with Crippen molar-refractivity contribution in [2.24, 2.45) is 10.3 Å². The Bertz CT molecular complexity index is 585. The quantitative estimate of drug-likeness (QED) is 0.175. The molecule has 0 atom stereocenters. The first-order chi connectivity index (χ1) is 10.5. The fourth-order valence-electron chi connectivity index (χ4n) is 1.89. The Balaban J connectivity index is 2.15. The van der Waals surface area contributed by atoms with Crippen LogP contribution < -0.4 is 0 Å². The van der Waals surface area contributed by atoms with E-state index >= 15 is 0 Å². The Morgan fingerprint density at radius 3 is 1.82 bits per heavy atom. The molecule has 120 valence electrons. The van der Waals surface area contributed by atoms with Crippen molar-refractivity contribution < 1.29 is 27.2 Å². The van der Waals surface area contributed by atoms with Gasteiger partial charge >= 0.3 is 0 Å². The van der Waals surface area contributed by atoms with Gasteiger partial charge in [0, 0.05) is 13.1 Å². The van der Waals surface area contributed by atoms with E-state index in [-0.39, 0.29) is 0 Å². The van der Waals surface area contributed by atoms with Crippen LogP contribution in [0.1, 0.15) is 5.56 Å². The van der Waals surface area contributed by atoms with Gasteiger partial charge in [-0.1, -0.05) is 5.16 Å². The molecule has 1 aliphatic heterocycles. The van der Waals surface area contributed by atoms with E-state index in [4.69, 9.17) is 5.21 Å².